The lowest BCUT2D eigenvalue weighted by atomic mass is 10.2. The van der Waals surface area contributed by atoms with Crippen molar-refractivity contribution in [2.24, 2.45) is 5.10 Å². The van der Waals surface area contributed by atoms with Crippen molar-refractivity contribution < 1.29 is 9.59 Å². The van der Waals surface area contributed by atoms with E-state index < -0.39 is 0 Å². The highest BCUT2D eigenvalue weighted by Gasteiger charge is 2.10. The number of carbonyl (C=O) groups excluding carboxylic acids is 2. The van der Waals surface area contributed by atoms with Crippen LogP contribution in [0.25, 0.3) is 0 Å². The molecule has 0 bridgehead atoms. The Morgan fingerprint density at radius 3 is 2.68 bits per heavy atom. The van der Waals surface area contributed by atoms with E-state index in [0.717, 1.165) is 10.6 Å². The summed E-state index contributed by atoms with van der Waals surface area (Å²) in [6, 6.07) is 10.9. The van der Waals surface area contributed by atoms with Crippen molar-refractivity contribution in [2.75, 3.05) is 6.54 Å². The van der Waals surface area contributed by atoms with Crippen LogP contribution in [0.1, 0.15) is 22.2 Å². The molecule has 2 amide bonds. The molecule has 0 radical (unpaired) electrons. The van der Waals surface area contributed by atoms with E-state index in [1.807, 2.05) is 30.5 Å². The van der Waals surface area contributed by atoms with Crippen molar-refractivity contribution in [1.82, 2.24) is 10.7 Å². The number of hydrogen-bond donors (Lipinski definition) is 2. The van der Waals surface area contributed by atoms with Crippen LogP contribution < -0.4 is 10.7 Å². The Morgan fingerprint density at radius 2 is 2.00 bits per heavy atom. The average Bonchev–Trinajstić information content (AvgIpc) is 3.05. The molecule has 114 valence electrons. The van der Waals surface area contributed by atoms with Gasteiger partial charge in [0.05, 0.1) is 17.8 Å². The lowest BCUT2D eigenvalue weighted by molar-refractivity contribution is -0.120. The second-order valence-electron chi connectivity index (χ2n) is 4.37. The first-order valence-electron chi connectivity index (χ1n) is 6.47. The maximum atomic E-state index is 11.9. The van der Waals surface area contributed by atoms with Gasteiger partial charge in [-0.15, -0.1) is 11.3 Å². The monoisotopic (exact) mass is 379 g/mol. The second-order valence-corrected chi connectivity index (χ2v) is 6.17. The molecule has 0 atom stereocenters. The third-order valence-corrected chi connectivity index (χ3v) is 4.42. The van der Waals surface area contributed by atoms with Gasteiger partial charge in [0, 0.05) is 9.35 Å². The van der Waals surface area contributed by atoms with Gasteiger partial charge in [0.25, 0.3) is 11.8 Å². The molecule has 0 aliphatic rings. The maximum Gasteiger partial charge on any atom is 0.259 e. The van der Waals surface area contributed by atoms with Crippen LogP contribution in [-0.2, 0) is 4.79 Å². The topological polar surface area (TPSA) is 70.6 Å². The summed E-state index contributed by atoms with van der Waals surface area (Å²) >= 11 is 4.84. The molecule has 22 heavy (non-hydrogen) atoms. The summed E-state index contributed by atoms with van der Waals surface area (Å²) in [5.74, 6) is -0.696. The Hall–Kier alpha value is -1.99. The summed E-state index contributed by atoms with van der Waals surface area (Å²) < 4.78 is 0.680. The van der Waals surface area contributed by atoms with Gasteiger partial charge in [-0.3, -0.25) is 9.59 Å². The highest BCUT2D eigenvalue weighted by molar-refractivity contribution is 9.10. The molecule has 0 saturated carbocycles. The van der Waals surface area contributed by atoms with Gasteiger partial charge in [-0.05, 0) is 46.4 Å². The standard InChI is InChI=1S/C15H14BrN3O2S/c1-10(13-7-4-8-22-13)18-19-14(20)9-17-15(21)11-5-2-3-6-12(11)16/h2-8H,9H2,1H3,(H,17,21)(H,19,20)/b18-10+. The first kappa shape index (κ1) is 16.4. The van der Waals surface area contributed by atoms with Crippen LogP contribution >= 0.6 is 27.3 Å². The number of nitrogens with one attached hydrogen (secondary N) is 2. The van der Waals surface area contributed by atoms with Crippen LogP contribution in [0, 0.1) is 0 Å². The molecular formula is C15H14BrN3O2S. The van der Waals surface area contributed by atoms with Gasteiger partial charge in [0.15, 0.2) is 0 Å². The van der Waals surface area contributed by atoms with Gasteiger partial charge < -0.3 is 5.32 Å². The van der Waals surface area contributed by atoms with Crippen molar-refractivity contribution in [3.63, 3.8) is 0 Å². The van der Waals surface area contributed by atoms with Gasteiger partial charge in [-0.1, -0.05) is 18.2 Å². The molecule has 2 aromatic rings. The highest BCUT2D eigenvalue weighted by atomic mass is 79.9. The molecule has 0 fully saturated rings. The normalized spacial score (nSPS) is 11.1. The van der Waals surface area contributed by atoms with Crippen molar-refractivity contribution in [2.45, 2.75) is 6.92 Å². The van der Waals surface area contributed by atoms with Crippen molar-refractivity contribution in [3.05, 3.63) is 56.7 Å². The first-order valence-corrected chi connectivity index (χ1v) is 8.15. The van der Waals surface area contributed by atoms with Crippen molar-refractivity contribution in [1.29, 1.82) is 0 Å². The number of amides is 2. The predicted molar refractivity (Wildman–Crippen MR) is 91.1 cm³/mol. The predicted octanol–water partition coefficient (Wildman–Crippen LogP) is 2.78. The number of hydrogen-bond acceptors (Lipinski definition) is 4. The molecule has 0 aliphatic carbocycles. The number of rotatable bonds is 5. The highest BCUT2D eigenvalue weighted by Crippen LogP contribution is 2.15. The average molecular weight is 380 g/mol. The van der Waals surface area contributed by atoms with E-state index in [2.05, 4.69) is 31.8 Å². The van der Waals surface area contributed by atoms with Crippen LogP contribution in [0.5, 0.6) is 0 Å². The van der Waals surface area contributed by atoms with Crippen LogP contribution in [0.4, 0.5) is 0 Å². The summed E-state index contributed by atoms with van der Waals surface area (Å²) in [7, 11) is 0. The molecule has 0 unspecified atom stereocenters. The third-order valence-electron chi connectivity index (χ3n) is 2.75. The minimum atomic E-state index is -0.378. The molecule has 1 heterocycles. The summed E-state index contributed by atoms with van der Waals surface area (Å²) in [5, 5.41) is 8.49. The first-order chi connectivity index (χ1) is 10.6. The number of benzene rings is 1. The van der Waals surface area contributed by atoms with Crippen molar-refractivity contribution >= 4 is 44.8 Å². The van der Waals surface area contributed by atoms with Gasteiger partial charge in [0.1, 0.15) is 0 Å². The third kappa shape index (κ3) is 4.51. The molecule has 0 spiro atoms. The van der Waals surface area contributed by atoms with E-state index in [9.17, 15) is 9.59 Å². The Bertz CT molecular complexity index is 699. The molecule has 0 aliphatic heterocycles. The van der Waals surface area contributed by atoms with Crippen LogP contribution in [-0.4, -0.2) is 24.1 Å². The maximum absolute atomic E-state index is 11.9. The van der Waals surface area contributed by atoms with E-state index in [0.29, 0.717) is 10.0 Å². The molecule has 1 aromatic carbocycles. The molecule has 7 heteroatoms. The minimum Gasteiger partial charge on any atom is -0.343 e. The summed E-state index contributed by atoms with van der Waals surface area (Å²) in [4.78, 5) is 24.6. The molecular weight excluding hydrogens is 366 g/mol. The fourth-order valence-corrected chi connectivity index (χ4v) is 2.77. The summed E-state index contributed by atoms with van der Waals surface area (Å²) in [6.45, 7) is 1.67. The minimum absolute atomic E-state index is 0.138. The van der Waals surface area contributed by atoms with E-state index in [-0.39, 0.29) is 18.4 Å². The zero-order chi connectivity index (χ0) is 15.9. The molecule has 2 N–H and O–H groups in total. The largest absolute Gasteiger partial charge is 0.343 e. The zero-order valence-electron chi connectivity index (χ0n) is 11.8. The van der Waals surface area contributed by atoms with Crippen LogP contribution in [0.3, 0.4) is 0 Å². The van der Waals surface area contributed by atoms with E-state index >= 15 is 0 Å². The molecule has 5 nitrogen and oxygen atoms in total. The lowest BCUT2D eigenvalue weighted by Crippen LogP contribution is -2.35. The quantitative estimate of drug-likeness (QED) is 0.619. The fourth-order valence-electron chi connectivity index (χ4n) is 1.63. The van der Waals surface area contributed by atoms with Crippen molar-refractivity contribution in [3.8, 4) is 0 Å². The van der Waals surface area contributed by atoms with Crippen LogP contribution in [0.15, 0.2) is 51.4 Å². The Labute approximate surface area is 140 Å². The number of thiophene rings is 1. The second kappa shape index (κ2) is 7.86. The number of hydrazone groups is 1. The Kier molecular flexibility index (Phi) is 5.85. The number of carbonyl (C=O) groups is 2. The molecule has 2 rings (SSSR count). The van der Waals surface area contributed by atoms with Gasteiger partial charge in [0.2, 0.25) is 0 Å². The SMILES string of the molecule is C/C(=N\NC(=O)CNC(=O)c1ccccc1Br)c1cccs1. The summed E-state index contributed by atoms with van der Waals surface area (Å²) in [5.41, 5.74) is 3.62. The van der Waals surface area contributed by atoms with Crippen LogP contribution in [0.2, 0.25) is 0 Å². The lowest BCUT2D eigenvalue weighted by Gasteiger charge is -2.06. The summed E-state index contributed by atoms with van der Waals surface area (Å²) in [6.07, 6.45) is 0. The van der Waals surface area contributed by atoms with Gasteiger partial charge in [-0.25, -0.2) is 5.43 Å². The van der Waals surface area contributed by atoms with Gasteiger partial charge >= 0.3 is 0 Å². The fraction of sp³-hybridized carbons (Fsp3) is 0.133. The zero-order valence-corrected chi connectivity index (χ0v) is 14.2. The smallest absolute Gasteiger partial charge is 0.259 e. The number of nitrogens with zero attached hydrogens (tertiary/aromatic N) is 1. The van der Waals surface area contributed by atoms with E-state index in [4.69, 9.17) is 0 Å². The van der Waals surface area contributed by atoms with Gasteiger partial charge in [-0.2, -0.15) is 5.10 Å². The molecule has 1 aromatic heterocycles. The number of halogens is 1. The van der Waals surface area contributed by atoms with E-state index in [1.54, 1.807) is 29.5 Å². The van der Waals surface area contributed by atoms with E-state index in [1.165, 1.54) is 0 Å². The Morgan fingerprint density at radius 1 is 1.23 bits per heavy atom. The Balaban J connectivity index is 1.84. The molecule has 0 saturated heterocycles.